The Morgan fingerprint density at radius 2 is 2.07 bits per heavy atom. The number of anilines is 2. The number of esters is 1. The van der Waals surface area contributed by atoms with Gasteiger partial charge < -0.3 is 10.1 Å². The molecule has 4 aromatic rings. The zero-order valence-corrected chi connectivity index (χ0v) is 18.4. The van der Waals surface area contributed by atoms with Crippen molar-refractivity contribution in [3.63, 3.8) is 0 Å². The highest BCUT2D eigenvalue weighted by Crippen LogP contribution is 2.28. The fourth-order valence-corrected chi connectivity index (χ4v) is 4.85. The van der Waals surface area contributed by atoms with Crippen molar-refractivity contribution in [1.29, 1.82) is 0 Å². The first kappa shape index (κ1) is 20.2. The number of thiazole rings is 1. The standard InChI is InChI=1S/C21H20N4O3S2/c1-4-28-20(27)17-13(3)16-18(30-17)22-11-25(19(16)26)9-14-10-29-21(23-14)24-15-8-6-5-7-12(15)2/h5-8,10-11H,4,9H2,1-3H3,(H,23,24). The molecule has 3 aromatic heterocycles. The smallest absolute Gasteiger partial charge is 0.348 e. The summed E-state index contributed by atoms with van der Waals surface area (Å²) in [5.74, 6) is -0.421. The van der Waals surface area contributed by atoms with Gasteiger partial charge in [0.1, 0.15) is 9.71 Å². The topological polar surface area (TPSA) is 86.1 Å². The average molecular weight is 441 g/mol. The Kier molecular flexibility index (Phi) is 5.65. The molecule has 0 atom stereocenters. The summed E-state index contributed by atoms with van der Waals surface area (Å²) in [5, 5.41) is 6.45. The highest BCUT2D eigenvalue weighted by Gasteiger charge is 2.20. The van der Waals surface area contributed by atoms with E-state index in [1.165, 1.54) is 33.6 Å². The number of hydrogen-bond donors (Lipinski definition) is 1. The van der Waals surface area contributed by atoms with Crippen molar-refractivity contribution in [2.24, 2.45) is 0 Å². The zero-order valence-electron chi connectivity index (χ0n) is 16.8. The maximum absolute atomic E-state index is 13.0. The molecule has 0 amide bonds. The predicted octanol–water partition coefficient (Wildman–Crippen LogP) is 4.50. The molecule has 0 unspecified atom stereocenters. The summed E-state index contributed by atoms with van der Waals surface area (Å²) < 4.78 is 6.60. The van der Waals surface area contributed by atoms with Crippen molar-refractivity contribution in [2.75, 3.05) is 11.9 Å². The number of carbonyl (C=O) groups is 1. The van der Waals surface area contributed by atoms with Gasteiger partial charge in [0.25, 0.3) is 5.56 Å². The van der Waals surface area contributed by atoms with Crippen molar-refractivity contribution in [2.45, 2.75) is 27.3 Å². The number of nitrogens with zero attached hydrogens (tertiary/aromatic N) is 3. The van der Waals surface area contributed by atoms with Crippen LogP contribution in [0.5, 0.6) is 0 Å². The zero-order chi connectivity index (χ0) is 21.3. The monoisotopic (exact) mass is 440 g/mol. The fraction of sp³-hybridized carbons (Fsp3) is 0.238. The molecule has 9 heteroatoms. The minimum atomic E-state index is -0.421. The first-order valence-electron chi connectivity index (χ1n) is 9.40. The van der Waals surface area contributed by atoms with Crippen molar-refractivity contribution in [3.05, 3.63) is 68.0 Å². The van der Waals surface area contributed by atoms with Crippen LogP contribution in [0.1, 0.15) is 33.4 Å². The van der Waals surface area contributed by atoms with E-state index in [9.17, 15) is 9.59 Å². The molecule has 0 bridgehead atoms. The van der Waals surface area contributed by atoms with Gasteiger partial charge in [-0.2, -0.15) is 0 Å². The van der Waals surface area contributed by atoms with Crippen LogP contribution in [0.15, 0.2) is 40.8 Å². The fourth-order valence-electron chi connectivity index (χ4n) is 3.10. The van der Waals surface area contributed by atoms with Crippen LogP contribution >= 0.6 is 22.7 Å². The molecular weight excluding hydrogens is 420 g/mol. The van der Waals surface area contributed by atoms with Gasteiger partial charge in [0.2, 0.25) is 0 Å². The van der Waals surface area contributed by atoms with Crippen LogP contribution in [-0.2, 0) is 11.3 Å². The number of thiophene rings is 1. The molecule has 0 aliphatic rings. The Bertz CT molecular complexity index is 1290. The van der Waals surface area contributed by atoms with Gasteiger partial charge in [-0.3, -0.25) is 9.36 Å². The van der Waals surface area contributed by atoms with E-state index in [-0.39, 0.29) is 12.2 Å². The van der Waals surface area contributed by atoms with Crippen LogP contribution < -0.4 is 10.9 Å². The first-order valence-corrected chi connectivity index (χ1v) is 11.1. The third-order valence-corrected chi connectivity index (χ3v) is 6.64. The lowest BCUT2D eigenvalue weighted by Gasteiger charge is -2.06. The number of aromatic nitrogens is 3. The number of para-hydroxylation sites is 1. The van der Waals surface area contributed by atoms with E-state index >= 15 is 0 Å². The summed E-state index contributed by atoms with van der Waals surface area (Å²) in [6.07, 6.45) is 1.50. The van der Waals surface area contributed by atoms with Gasteiger partial charge in [-0.05, 0) is 38.0 Å². The lowest BCUT2D eigenvalue weighted by atomic mass is 10.2. The van der Waals surface area contributed by atoms with E-state index in [0.717, 1.165) is 22.1 Å². The van der Waals surface area contributed by atoms with Gasteiger partial charge in [0.05, 0.1) is 30.6 Å². The van der Waals surface area contributed by atoms with Crippen LogP contribution in [0, 0.1) is 13.8 Å². The van der Waals surface area contributed by atoms with Crippen LogP contribution in [-0.4, -0.2) is 27.1 Å². The molecule has 3 heterocycles. The number of ether oxygens (including phenoxy) is 1. The van der Waals surface area contributed by atoms with Crippen molar-refractivity contribution in [3.8, 4) is 0 Å². The van der Waals surface area contributed by atoms with Crippen LogP contribution in [0.25, 0.3) is 10.2 Å². The van der Waals surface area contributed by atoms with E-state index in [1.807, 2.05) is 36.6 Å². The molecule has 0 radical (unpaired) electrons. The third kappa shape index (κ3) is 3.86. The number of aryl methyl sites for hydroxylation is 2. The summed E-state index contributed by atoms with van der Waals surface area (Å²) in [4.78, 5) is 35.1. The quantitative estimate of drug-likeness (QED) is 0.444. The van der Waals surface area contributed by atoms with E-state index in [0.29, 0.717) is 27.2 Å². The molecular formula is C21H20N4O3S2. The molecule has 0 saturated heterocycles. The Hall–Kier alpha value is -3.04. The molecule has 1 N–H and O–H groups in total. The minimum absolute atomic E-state index is 0.189. The normalized spacial score (nSPS) is 11.0. The van der Waals surface area contributed by atoms with E-state index in [1.54, 1.807) is 13.8 Å². The molecule has 0 saturated carbocycles. The Balaban J connectivity index is 1.60. The molecule has 1 aromatic carbocycles. The van der Waals surface area contributed by atoms with Gasteiger partial charge in [-0.1, -0.05) is 18.2 Å². The Morgan fingerprint density at radius 1 is 1.27 bits per heavy atom. The number of fused-ring (bicyclic) bond motifs is 1. The predicted molar refractivity (Wildman–Crippen MR) is 120 cm³/mol. The van der Waals surface area contributed by atoms with E-state index < -0.39 is 5.97 Å². The highest BCUT2D eigenvalue weighted by molar-refractivity contribution is 7.20. The van der Waals surface area contributed by atoms with Crippen molar-refractivity contribution in [1.82, 2.24) is 14.5 Å². The van der Waals surface area contributed by atoms with Gasteiger partial charge in [0.15, 0.2) is 5.13 Å². The van der Waals surface area contributed by atoms with Gasteiger partial charge in [0, 0.05) is 11.1 Å². The lowest BCUT2D eigenvalue weighted by Crippen LogP contribution is -2.21. The minimum Gasteiger partial charge on any atom is -0.462 e. The Morgan fingerprint density at radius 3 is 2.83 bits per heavy atom. The van der Waals surface area contributed by atoms with Crippen molar-refractivity contribution < 1.29 is 9.53 Å². The van der Waals surface area contributed by atoms with Gasteiger partial charge in [-0.25, -0.2) is 14.8 Å². The molecule has 4 rings (SSSR count). The molecule has 0 aliphatic carbocycles. The SMILES string of the molecule is CCOC(=O)c1sc2ncn(Cc3csc(Nc4ccccc4C)n3)c(=O)c2c1C. The summed E-state index contributed by atoms with van der Waals surface area (Å²) in [6, 6.07) is 7.99. The van der Waals surface area contributed by atoms with Crippen LogP contribution in [0.2, 0.25) is 0 Å². The molecule has 0 aliphatic heterocycles. The van der Waals surface area contributed by atoms with Crippen LogP contribution in [0.3, 0.4) is 0 Å². The maximum atomic E-state index is 13.0. The number of benzene rings is 1. The summed E-state index contributed by atoms with van der Waals surface area (Å²) in [7, 11) is 0. The van der Waals surface area contributed by atoms with Crippen molar-refractivity contribution >= 4 is 49.7 Å². The molecule has 0 fully saturated rings. The Labute approximate surface area is 181 Å². The number of nitrogens with one attached hydrogen (secondary N) is 1. The van der Waals surface area contributed by atoms with E-state index in [4.69, 9.17) is 4.74 Å². The number of rotatable bonds is 6. The summed E-state index contributed by atoms with van der Waals surface area (Å²) in [5.41, 5.74) is 3.31. The average Bonchev–Trinajstić information content (AvgIpc) is 3.30. The number of carbonyl (C=O) groups excluding carboxylic acids is 1. The second-order valence-corrected chi connectivity index (χ2v) is 8.58. The summed E-state index contributed by atoms with van der Waals surface area (Å²) in [6.45, 7) is 6.13. The third-order valence-electron chi connectivity index (χ3n) is 4.65. The number of hydrogen-bond acceptors (Lipinski definition) is 8. The highest BCUT2D eigenvalue weighted by atomic mass is 32.1. The second-order valence-electron chi connectivity index (χ2n) is 6.72. The second kappa shape index (κ2) is 8.37. The summed E-state index contributed by atoms with van der Waals surface area (Å²) >= 11 is 2.67. The largest absolute Gasteiger partial charge is 0.462 e. The molecule has 154 valence electrons. The van der Waals surface area contributed by atoms with E-state index in [2.05, 4.69) is 15.3 Å². The van der Waals surface area contributed by atoms with Crippen LogP contribution in [0.4, 0.5) is 10.8 Å². The van der Waals surface area contributed by atoms with Gasteiger partial charge in [-0.15, -0.1) is 22.7 Å². The molecule has 7 nitrogen and oxygen atoms in total. The molecule has 0 spiro atoms. The molecule has 30 heavy (non-hydrogen) atoms. The maximum Gasteiger partial charge on any atom is 0.348 e. The van der Waals surface area contributed by atoms with Gasteiger partial charge >= 0.3 is 5.97 Å². The lowest BCUT2D eigenvalue weighted by molar-refractivity contribution is 0.0531. The first-order chi connectivity index (χ1) is 14.5.